The van der Waals surface area contributed by atoms with Crippen LogP contribution in [0.25, 0.3) is 0 Å². The monoisotopic (exact) mass is 305 g/mol. The van der Waals surface area contributed by atoms with E-state index in [-0.39, 0.29) is 17.3 Å². The summed E-state index contributed by atoms with van der Waals surface area (Å²) >= 11 is 0. The summed E-state index contributed by atoms with van der Waals surface area (Å²) in [5, 5.41) is 4.17. The van der Waals surface area contributed by atoms with Crippen LogP contribution in [0.1, 0.15) is 25.1 Å². The second-order valence-corrected chi connectivity index (χ2v) is 5.90. The number of aromatic nitrogens is 4. The predicted molar refractivity (Wildman–Crippen MR) is 84.5 cm³/mol. The van der Waals surface area contributed by atoms with Crippen LogP contribution in [0.2, 0.25) is 0 Å². The molecule has 0 N–H and O–H groups in total. The van der Waals surface area contributed by atoms with Gasteiger partial charge in [0.2, 0.25) is 0 Å². The molecule has 7 nitrogen and oxygen atoms in total. The van der Waals surface area contributed by atoms with E-state index >= 15 is 0 Å². The topological polar surface area (TPSA) is 65.1 Å². The van der Waals surface area contributed by atoms with Gasteiger partial charge in [0.25, 0.3) is 5.56 Å². The fraction of sp³-hybridized carbons (Fsp3) is 0.533. The highest BCUT2D eigenvalue weighted by Crippen LogP contribution is 2.11. The van der Waals surface area contributed by atoms with Crippen LogP contribution >= 0.6 is 0 Å². The molecule has 0 saturated carbocycles. The van der Waals surface area contributed by atoms with Crippen LogP contribution in [0, 0.1) is 0 Å². The SMILES string of the molecule is CC(C)N(Cc1cnn(C)c1)Cc1cc(=O)n(C)c(=O)n1C. The second kappa shape index (κ2) is 6.31. The zero-order valence-corrected chi connectivity index (χ0v) is 13.8. The average Bonchev–Trinajstić information content (AvgIpc) is 2.86. The third-order valence-corrected chi connectivity index (χ3v) is 3.86. The Hall–Kier alpha value is -2.15. The van der Waals surface area contributed by atoms with Gasteiger partial charge < -0.3 is 0 Å². The molecule has 0 radical (unpaired) electrons. The molecule has 0 aliphatic heterocycles. The van der Waals surface area contributed by atoms with E-state index in [4.69, 9.17) is 0 Å². The maximum Gasteiger partial charge on any atom is 0.330 e. The Kier molecular flexibility index (Phi) is 4.65. The number of hydrogen-bond acceptors (Lipinski definition) is 4. The summed E-state index contributed by atoms with van der Waals surface area (Å²) in [6.07, 6.45) is 3.80. The van der Waals surface area contributed by atoms with Crippen LogP contribution in [-0.2, 0) is 34.2 Å². The van der Waals surface area contributed by atoms with Crippen molar-refractivity contribution >= 4 is 0 Å². The zero-order chi connectivity index (χ0) is 16.4. The van der Waals surface area contributed by atoms with E-state index < -0.39 is 0 Å². The number of hydrogen-bond donors (Lipinski definition) is 0. The molecule has 0 bridgehead atoms. The Bertz CT molecular complexity index is 769. The van der Waals surface area contributed by atoms with Gasteiger partial charge in [0.05, 0.1) is 6.20 Å². The Morgan fingerprint density at radius 1 is 1.14 bits per heavy atom. The molecule has 0 saturated heterocycles. The van der Waals surface area contributed by atoms with Gasteiger partial charge >= 0.3 is 5.69 Å². The zero-order valence-electron chi connectivity index (χ0n) is 13.8. The smallest absolute Gasteiger partial charge is 0.299 e. The molecule has 0 aliphatic carbocycles. The first kappa shape index (κ1) is 16.2. The second-order valence-electron chi connectivity index (χ2n) is 5.90. The van der Waals surface area contributed by atoms with Crippen molar-refractivity contribution in [2.75, 3.05) is 0 Å². The fourth-order valence-electron chi connectivity index (χ4n) is 2.35. The van der Waals surface area contributed by atoms with E-state index in [0.717, 1.165) is 16.7 Å². The highest BCUT2D eigenvalue weighted by Gasteiger charge is 2.15. The first-order chi connectivity index (χ1) is 10.3. The molecule has 0 fully saturated rings. The highest BCUT2D eigenvalue weighted by molar-refractivity contribution is 5.06. The molecule has 0 amide bonds. The molecule has 22 heavy (non-hydrogen) atoms. The Morgan fingerprint density at radius 3 is 2.36 bits per heavy atom. The van der Waals surface area contributed by atoms with Crippen LogP contribution in [0.5, 0.6) is 0 Å². The van der Waals surface area contributed by atoms with Crippen LogP contribution in [0.3, 0.4) is 0 Å². The van der Waals surface area contributed by atoms with Gasteiger partial charge in [-0.1, -0.05) is 0 Å². The number of nitrogens with zero attached hydrogens (tertiary/aromatic N) is 5. The minimum atomic E-state index is -0.299. The third-order valence-electron chi connectivity index (χ3n) is 3.86. The summed E-state index contributed by atoms with van der Waals surface area (Å²) < 4.78 is 4.41. The van der Waals surface area contributed by atoms with Crippen LogP contribution in [-0.4, -0.2) is 29.9 Å². The Balaban J connectivity index is 2.29. The molecule has 2 aromatic heterocycles. The lowest BCUT2D eigenvalue weighted by Crippen LogP contribution is -2.40. The van der Waals surface area contributed by atoms with Gasteiger partial charge in [0.15, 0.2) is 0 Å². The molecule has 0 spiro atoms. The van der Waals surface area contributed by atoms with Gasteiger partial charge in [-0.3, -0.25) is 23.5 Å². The summed E-state index contributed by atoms with van der Waals surface area (Å²) in [4.78, 5) is 26.1. The number of aryl methyl sites for hydroxylation is 1. The maximum atomic E-state index is 12.0. The van der Waals surface area contributed by atoms with Gasteiger partial charge in [0.1, 0.15) is 0 Å². The maximum absolute atomic E-state index is 12.0. The van der Waals surface area contributed by atoms with Gasteiger partial charge in [-0.05, 0) is 13.8 Å². The Morgan fingerprint density at radius 2 is 1.82 bits per heavy atom. The van der Waals surface area contributed by atoms with E-state index in [0.29, 0.717) is 12.2 Å². The molecule has 120 valence electrons. The van der Waals surface area contributed by atoms with Gasteiger partial charge in [0, 0.05) is 63.8 Å². The van der Waals surface area contributed by atoms with E-state index in [9.17, 15) is 9.59 Å². The summed E-state index contributed by atoms with van der Waals surface area (Å²) in [5.74, 6) is 0. The van der Waals surface area contributed by atoms with Crippen LogP contribution in [0.4, 0.5) is 0 Å². The fourth-order valence-corrected chi connectivity index (χ4v) is 2.35. The van der Waals surface area contributed by atoms with E-state index in [2.05, 4.69) is 23.8 Å². The summed E-state index contributed by atoms with van der Waals surface area (Å²) in [6.45, 7) is 5.44. The lowest BCUT2D eigenvalue weighted by atomic mass is 10.2. The average molecular weight is 305 g/mol. The highest BCUT2D eigenvalue weighted by atomic mass is 16.2. The van der Waals surface area contributed by atoms with Crippen LogP contribution in [0.15, 0.2) is 28.0 Å². The van der Waals surface area contributed by atoms with Gasteiger partial charge in [-0.2, -0.15) is 5.10 Å². The minimum absolute atomic E-state index is 0.275. The first-order valence-corrected chi connectivity index (χ1v) is 7.27. The molecular formula is C15H23N5O2. The van der Waals surface area contributed by atoms with Crippen LogP contribution < -0.4 is 11.2 Å². The summed E-state index contributed by atoms with van der Waals surface area (Å²) in [7, 11) is 5.07. The van der Waals surface area contributed by atoms with Crippen molar-refractivity contribution in [1.29, 1.82) is 0 Å². The van der Waals surface area contributed by atoms with Gasteiger partial charge in [-0.15, -0.1) is 0 Å². The molecule has 2 rings (SSSR count). The van der Waals surface area contributed by atoms with Crippen molar-refractivity contribution in [1.82, 2.24) is 23.8 Å². The normalized spacial score (nSPS) is 11.6. The molecule has 0 unspecified atom stereocenters. The van der Waals surface area contributed by atoms with Crippen molar-refractivity contribution in [3.8, 4) is 0 Å². The Labute approximate surface area is 129 Å². The molecule has 0 atom stereocenters. The standard InChI is InChI=1S/C15H23N5O2/c1-11(2)20(9-12-7-16-17(3)8-12)10-13-6-14(21)19(5)15(22)18(13)4/h6-8,11H,9-10H2,1-5H3. The van der Waals surface area contributed by atoms with E-state index in [1.807, 2.05) is 19.4 Å². The van der Waals surface area contributed by atoms with Crippen molar-refractivity contribution in [2.45, 2.75) is 33.0 Å². The summed E-state index contributed by atoms with van der Waals surface area (Å²) in [6, 6.07) is 1.80. The van der Waals surface area contributed by atoms with Crippen molar-refractivity contribution in [3.63, 3.8) is 0 Å². The lowest BCUT2D eigenvalue weighted by Gasteiger charge is -2.26. The molecule has 2 heterocycles. The molecule has 0 aromatic carbocycles. The number of rotatable bonds is 5. The molecule has 7 heteroatoms. The van der Waals surface area contributed by atoms with Crippen molar-refractivity contribution in [3.05, 3.63) is 50.6 Å². The quantitative estimate of drug-likeness (QED) is 0.793. The van der Waals surface area contributed by atoms with E-state index in [1.165, 1.54) is 17.7 Å². The summed E-state index contributed by atoms with van der Waals surface area (Å²) in [5.41, 5.74) is 1.24. The van der Waals surface area contributed by atoms with Crippen molar-refractivity contribution in [2.24, 2.45) is 21.1 Å². The predicted octanol–water partition coefficient (Wildman–Crippen LogP) is 0.228. The van der Waals surface area contributed by atoms with E-state index in [1.54, 1.807) is 11.7 Å². The van der Waals surface area contributed by atoms with Crippen molar-refractivity contribution < 1.29 is 0 Å². The first-order valence-electron chi connectivity index (χ1n) is 7.27. The lowest BCUT2D eigenvalue weighted by molar-refractivity contribution is 0.198. The largest absolute Gasteiger partial charge is 0.330 e. The van der Waals surface area contributed by atoms with Gasteiger partial charge in [-0.25, -0.2) is 4.79 Å². The molecule has 2 aromatic rings. The third kappa shape index (κ3) is 3.36. The molecular weight excluding hydrogens is 282 g/mol. The molecule has 0 aliphatic rings. The minimum Gasteiger partial charge on any atom is -0.299 e.